The van der Waals surface area contributed by atoms with Crippen molar-refractivity contribution >= 4 is 47.0 Å². The summed E-state index contributed by atoms with van der Waals surface area (Å²) in [6, 6.07) is 36.4. The van der Waals surface area contributed by atoms with Gasteiger partial charge in [-0.3, -0.25) is 0 Å². The molecule has 4 saturated heterocycles. The normalized spacial score (nSPS) is 20.0. The second-order valence-electron chi connectivity index (χ2n) is 17.0. The zero-order valence-electron chi connectivity index (χ0n) is 36.6. The molecule has 4 heterocycles. The molecule has 0 radical (unpaired) electrons. The lowest BCUT2D eigenvalue weighted by atomic mass is 9.80. The highest BCUT2D eigenvalue weighted by atomic mass is 32.2. The fraction of sp³-hybridized carbons (Fsp3) is 0.321. The van der Waals surface area contributed by atoms with Crippen molar-refractivity contribution in [3.8, 4) is 23.0 Å². The van der Waals surface area contributed by atoms with Gasteiger partial charge < -0.3 is 18.9 Å². The summed E-state index contributed by atoms with van der Waals surface area (Å²) in [5.41, 5.74) is 11.9. The summed E-state index contributed by atoms with van der Waals surface area (Å²) >= 11 is 7.83. The summed E-state index contributed by atoms with van der Waals surface area (Å²) in [4.78, 5) is 0. The number of hydrogen-bond acceptors (Lipinski definition) is 8. The van der Waals surface area contributed by atoms with Gasteiger partial charge in [-0.2, -0.15) is 47.0 Å². The largest absolute Gasteiger partial charge is 0.492 e. The summed E-state index contributed by atoms with van der Waals surface area (Å²) in [6.07, 6.45) is 10.8. The molecular weight excluding hydrogens is 865 g/mol. The average molecular weight is 923 g/mol. The van der Waals surface area contributed by atoms with Crippen molar-refractivity contribution in [1.82, 2.24) is 0 Å². The Morgan fingerprint density at radius 3 is 0.797 bits per heavy atom. The summed E-state index contributed by atoms with van der Waals surface area (Å²) in [5, 5.41) is 2.36. The van der Waals surface area contributed by atoms with Crippen LogP contribution in [0.1, 0.15) is 67.5 Å². The van der Waals surface area contributed by atoms with Crippen molar-refractivity contribution in [3.63, 3.8) is 0 Å². The van der Waals surface area contributed by atoms with Crippen LogP contribution in [-0.4, -0.2) is 70.4 Å². The molecule has 5 aromatic rings. The van der Waals surface area contributed by atoms with Gasteiger partial charge in [-0.1, -0.05) is 97.1 Å². The highest BCUT2D eigenvalue weighted by Gasteiger charge is 2.28. The maximum Gasteiger partial charge on any atom is 0.122 e. The van der Waals surface area contributed by atoms with Gasteiger partial charge in [-0.25, -0.2) is 0 Å². The predicted molar refractivity (Wildman–Crippen MR) is 277 cm³/mol. The van der Waals surface area contributed by atoms with Gasteiger partial charge >= 0.3 is 0 Å². The monoisotopic (exact) mass is 922 g/mol. The van der Waals surface area contributed by atoms with Gasteiger partial charge in [0.15, 0.2) is 0 Å². The fourth-order valence-corrected chi connectivity index (χ4v) is 9.95. The lowest BCUT2D eigenvalue weighted by molar-refractivity contribution is 0.326. The number of allylic oxidation sites excluding steroid dienone is 4. The molecule has 0 saturated carbocycles. The number of thioether (sulfide) groups is 4. The maximum atomic E-state index is 6.39. The molecule has 8 heteroatoms. The Kier molecular flexibility index (Phi) is 14.9. The maximum absolute atomic E-state index is 6.39. The molecule has 4 aliphatic heterocycles. The Labute approximate surface area is 397 Å². The smallest absolute Gasteiger partial charge is 0.122 e. The molecule has 4 atom stereocenters. The molecule has 64 heavy (non-hydrogen) atoms. The van der Waals surface area contributed by atoms with E-state index in [1.807, 2.05) is 71.4 Å². The average Bonchev–Trinajstić information content (AvgIpc) is 4.08. The molecule has 4 aliphatic rings. The van der Waals surface area contributed by atoms with Crippen LogP contribution in [0.25, 0.3) is 0 Å². The van der Waals surface area contributed by atoms with Gasteiger partial charge in [-0.15, -0.1) is 26.3 Å². The molecule has 0 bridgehead atoms. The molecule has 330 valence electrons. The number of ether oxygens (including phenoxy) is 4. The fourth-order valence-electron chi connectivity index (χ4n) is 8.36. The van der Waals surface area contributed by atoms with Crippen LogP contribution >= 0.6 is 47.0 Å². The molecular formula is C56H58O4S4. The third-order valence-electron chi connectivity index (χ3n) is 12.0. The summed E-state index contributed by atoms with van der Waals surface area (Å²) in [6.45, 7) is 19.4. The van der Waals surface area contributed by atoms with Crippen molar-refractivity contribution in [2.24, 2.45) is 0 Å². The van der Waals surface area contributed by atoms with Gasteiger partial charge in [0, 0.05) is 55.8 Å². The SMILES string of the molecule is C=CCc1cc(C(c2ccc(C(c3ccc(OCC4CS4)c(CC=C)c3)c3ccc(OCC4CS4)c(CC=C)c3)cc2)c2ccc(OCC3CS3)c(CC=C)c2)ccc1OCC1CS1. The first-order valence-electron chi connectivity index (χ1n) is 22.5. The van der Waals surface area contributed by atoms with E-state index in [2.05, 4.69) is 123 Å². The van der Waals surface area contributed by atoms with Gasteiger partial charge in [-0.05, 0) is 106 Å². The molecule has 0 aromatic heterocycles. The van der Waals surface area contributed by atoms with Gasteiger partial charge in [0.05, 0.1) is 0 Å². The molecule has 0 spiro atoms. The highest BCUT2D eigenvalue weighted by molar-refractivity contribution is 8.07. The number of benzene rings is 5. The standard InChI is InChI=1S/C56H58O4S4/c1-5-9-39-25-43(17-21-51(39)57-29-47-33-61-47)55(44-18-22-52(40(26-44)10-6-2)58-30-48-34-62-48)37-13-15-38(16-14-37)56(45-19-23-53(41(27-45)11-7-3)59-31-49-35-63-49)46-20-24-54(42(28-46)12-8-4)60-32-50-36-64-50/h5-8,13-28,47-50,55-56H,1-4,9-12,29-36H2. The van der Waals surface area contributed by atoms with E-state index in [0.29, 0.717) is 21.0 Å². The van der Waals surface area contributed by atoms with Crippen LogP contribution in [-0.2, 0) is 25.7 Å². The van der Waals surface area contributed by atoms with Crippen LogP contribution in [0, 0.1) is 0 Å². The van der Waals surface area contributed by atoms with Crippen LogP contribution < -0.4 is 18.9 Å². The molecule has 0 N–H and O–H groups in total. The Hall–Kier alpha value is -4.34. The third kappa shape index (κ3) is 11.7. The molecule has 0 aliphatic carbocycles. The minimum absolute atomic E-state index is 0.0405. The highest BCUT2D eigenvalue weighted by Crippen LogP contribution is 2.42. The van der Waals surface area contributed by atoms with E-state index >= 15 is 0 Å². The van der Waals surface area contributed by atoms with E-state index in [-0.39, 0.29) is 11.8 Å². The van der Waals surface area contributed by atoms with Crippen molar-refractivity contribution in [3.05, 3.63) is 203 Å². The Bertz CT molecular complexity index is 2130. The molecule has 5 aromatic carbocycles. The zero-order chi connectivity index (χ0) is 43.8. The Balaban J connectivity index is 1.12. The van der Waals surface area contributed by atoms with E-state index < -0.39 is 0 Å². The first-order valence-corrected chi connectivity index (χ1v) is 26.7. The Morgan fingerprint density at radius 2 is 0.594 bits per heavy atom. The molecule has 4 fully saturated rings. The molecule has 0 amide bonds. The summed E-state index contributed by atoms with van der Waals surface area (Å²) in [5.74, 6) is 8.38. The molecule has 4 nitrogen and oxygen atoms in total. The minimum atomic E-state index is -0.0405. The lowest BCUT2D eigenvalue weighted by Gasteiger charge is -2.25. The lowest BCUT2D eigenvalue weighted by Crippen LogP contribution is -2.10. The van der Waals surface area contributed by atoms with Crippen LogP contribution in [0.2, 0.25) is 0 Å². The van der Waals surface area contributed by atoms with Crippen molar-refractivity contribution in [2.75, 3.05) is 49.4 Å². The van der Waals surface area contributed by atoms with Crippen molar-refractivity contribution in [2.45, 2.75) is 58.5 Å². The number of hydrogen-bond donors (Lipinski definition) is 0. The van der Waals surface area contributed by atoms with Crippen molar-refractivity contribution in [1.29, 1.82) is 0 Å². The van der Waals surface area contributed by atoms with Gasteiger partial charge in [0.2, 0.25) is 0 Å². The van der Waals surface area contributed by atoms with E-state index in [9.17, 15) is 0 Å². The minimum Gasteiger partial charge on any atom is -0.492 e. The van der Waals surface area contributed by atoms with Gasteiger partial charge in [0.25, 0.3) is 0 Å². The topological polar surface area (TPSA) is 36.9 Å². The van der Waals surface area contributed by atoms with Crippen molar-refractivity contribution < 1.29 is 18.9 Å². The zero-order valence-corrected chi connectivity index (χ0v) is 39.9. The van der Waals surface area contributed by atoms with E-state index in [1.54, 1.807) is 0 Å². The summed E-state index contributed by atoms with van der Waals surface area (Å²) < 4.78 is 25.6. The van der Waals surface area contributed by atoms with Crippen LogP contribution in [0.3, 0.4) is 0 Å². The second kappa shape index (κ2) is 21.3. The third-order valence-corrected chi connectivity index (χ3v) is 15.8. The summed E-state index contributed by atoms with van der Waals surface area (Å²) in [7, 11) is 0. The first-order chi connectivity index (χ1) is 31.5. The van der Waals surface area contributed by atoms with E-state index in [0.717, 1.165) is 97.4 Å². The quantitative estimate of drug-likeness (QED) is 0.0308. The van der Waals surface area contributed by atoms with E-state index in [4.69, 9.17) is 18.9 Å². The van der Waals surface area contributed by atoms with Crippen LogP contribution in [0.4, 0.5) is 0 Å². The second-order valence-corrected chi connectivity index (χ2v) is 22.4. The van der Waals surface area contributed by atoms with Gasteiger partial charge in [0.1, 0.15) is 49.4 Å². The molecule has 9 rings (SSSR count). The van der Waals surface area contributed by atoms with Crippen LogP contribution in [0.15, 0.2) is 148 Å². The predicted octanol–water partition coefficient (Wildman–Crippen LogP) is 12.9. The molecule has 4 unspecified atom stereocenters. The van der Waals surface area contributed by atoms with Crippen LogP contribution in [0.5, 0.6) is 23.0 Å². The first kappa shape index (κ1) is 44.8. The number of rotatable bonds is 26. The van der Waals surface area contributed by atoms with E-state index in [1.165, 1.54) is 56.4 Å². The Morgan fingerprint density at radius 1 is 0.375 bits per heavy atom.